The molecule has 0 N–H and O–H groups in total. The van der Waals surface area contributed by atoms with Crippen LogP contribution in [-0.2, 0) is 4.43 Å². The first kappa shape index (κ1) is 18.2. The Hall–Kier alpha value is -1.64. The smallest absolute Gasteiger partial charge is 0.240 e. The molecule has 0 saturated carbocycles. The summed E-state index contributed by atoms with van der Waals surface area (Å²) in [7, 11) is -1.70. The van der Waals surface area contributed by atoms with Crippen molar-refractivity contribution in [3.05, 3.63) is 72.8 Å². The normalized spacial score (nSPS) is 19.1. The van der Waals surface area contributed by atoms with Crippen molar-refractivity contribution in [1.82, 2.24) is 0 Å². The molecule has 1 aliphatic carbocycles. The molecule has 0 bridgehead atoms. The molecule has 0 fully saturated rings. The molecule has 3 rings (SSSR count). The molecule has 2 aromatic rings. The Morgan fingerprint density at radius 3 is 1.88 bits per heavy atom. The molecule has 1 nitrogen and oxygen atoms in total. The van der Waals surface area contributed by atoms with Gasteiger partial charge in [0.2, 0.25) is 9.04 Å². The van der Waals surface area contributed by atoms with Gasteiger partial charge in [0.05, 0.1) is 6.10 Å². The second-order valence-electron chi connectivity index (χ2n) is 8.17. The average molecular weight is 351 g/mol. The fourth-order valence-electron chi connectivity index (χ4n) is 3.87. The summed E-state index contributed by atoms with van der Waals surface area (Å²) < 4.78 is 7.03. The van der Waals surface area contributed by atoms with Crippen molar-refractivity contribution in [2.24, 2.45) is 11.3 Å². The van der Waals surface area contributed by atoms with Gasteiger partial charge in [0.25, 0.3) is 0 Å². The zero-order valence-corrected chi connectivity index (χ0v) is 16.8. The van der Waals surface area contributed by atoms with Gasteiger partial charge in [-0.1, -0.05) is 93.6 Å². The molecular weight excluding hydrogens is 320 g/mol. The Bertz CT molecular complexity index is 633. The molecule has 2 aromatic carbocycles. The van der Waals surface area contributed by atoms with E-state index in [2.05, 4.69) is 93.6 Å². The Balaban J connectivity index is 1.93. The molecule has 25 heavy (non-hydrogen) atoms. The summed E-state index contributed by atoms with van der Waals surface area (Å²) in [5, 5.41) is 2.74. The van der Waals surface area contributed by atoms with E-state index < -0.39 is 9.04 Å². The monoisotopic (exact) mass is 350 g/mol. The van der Waals surface area contributed by atoms with E-state index in [9.17, 15) is 0 Å². The quantitative estimate of drug-likeness (QED) is 0.577. The standard InChI is InChI=1S/C23H30OSi/c1-23(2,3)22(19-13-7-4-8-14-19)24-25(20-15-9-5-10-16-20)21-17-11-6-12-18-21/h4-7,9-12,15-19,22,25H,8,13-14H2,1-3H3. The summed E-state index contributed by atoms with van der Waals surface area (Å²) in [5.41, 5.74) is 0.144. The highest BCUT2D eigenvalue weighted by atomic mass is 28.3. The van der Waals surface area contributed by atoms with Gasteiger partial charge in [-0.25, -0.2) is 0 Å². The Labute approximate surface area is 154 Å². The lowest BCUT2D eigenvalue weighted by Crippen LogP contribution is -2.51. The van der Waals surface area contributed by atoms with Crippen molar-refractivity contribution < 1.29 is 4.43 Å². The molecule has 2 heteroatoms. The second-order valence-corrected chi connectivity index (χ2v) is 10.5. The number of benzene rings is 2. The van der Waals surface area contributed by atoms with Gasteiger partial charge in [0.1, 0.15) is 0 Å². The average Bonchev–Trinajstić information content (AvgIpc) is 2.63. The molecule has 2 unspecified atom stereocenters. The maximum absolute atomic E-state index is 7.03. The highest BCUT2D eigenvalue weighted by Crippen LogP contribution is 2.35. The maximum atomic E-state index is 7.03. The van der Waals surface area contributed by atoms with Gasteiger partial charge in [0.15, 0.2) is 0 Å². The molecule has 0 saturated heterocycles. The van der Waals surface area contributed by atoms with Gasteiger partial charge in [-0.05, 0) is 41.0 Å². The van der Waals surface area contributed by atoms with E-state index in [1.165, 1.54) is 23.2 Å². The van der Waals surface area contributed by atoms with E-state index in [0.717, 1.165) is 6.42 Å². The minimum absolute atomic E-state index is 0.144. The molecule has 0 aliphatic heterocycles. The van der Waals surface area contributed by atoms with E-state index in [-0.39, 0.29) is 11.5 Å². The van der Waals surface area contributed by atoms with E-state index in [0.29, 0.717) is 5.92 Å². The molecule has 132 valence electrons. The van der Waals surface area contributed by atoms with Crippen molar-refractivity contribution in [1.29, 1.82) is 0 Å². The first-order valence-corrected chi connectivity index (χ1v) is 11.1. The summed E-state index contributed by atoms with van der Waals surface area (Å²) in [5.74, 6) is 0.618. The topological polar surface area (TPSA) is 9.23 Å². The van der Waals surface area contributed by atoms with Crippen molar-refractivity contribution in [2.75, 3.05) is 0 Å². The molecule has 1 aliphatic rings. The van der Waals surface area contributed by atoms with Gasteiger partial charge in [0, 0.05) is 0 Å². The van der Waals surface area contributed by atoms with Gasteiger partial charge in [-0.2, -0.15) is 0 Å². The number of hydrogen-bond acceptors (Lipinski definition) is 1. The Kier molecular flexibility index (Phi) is 5.92. The van der Waals surface area contributed by atoms with Crippen LogP contribution < -0.4 is 10.4 Å². The van der Waals surface area contributed by atoms with Crippen LogP contribution in [0.1, 0.15) is 40.0 Å². The van der Waals surface area contributed by atoms with Crippen LogP contribution in [0.2, 0.25) is 0 Å². The van der Waals surface area contributed by atoms with Crippen molar-refractivity contribution in [3.8, 4) is 0 Å². The Morgan fingerprint density at radius 1 is 0.880 bits per heavy atom. The third kappa shape index (κ3) is 4.71. The highest BCUT2D eigenvalue weighted by Gasteiger charge is 2.36. The maximum Gasteiger partial charge on any atom is 0.240 e. The summed E-state index contributed by atoms with van der Waals surface area (Å²) in [6, 6.07) is 21.7. The summed E-state index contributed by atoms with van der Waals surface area (Å²) in [4.78, 5) is 0. The summed E-state index contributed by atoms with van der Waals surface area (Å²) >= 11 is 0. The largest absolute Gasteiger partial charge is 0.407 e. The van der Waals surface area contributed by atoms with Crippen LogP contribution in [-0.4, -0.2) is 15.1 Å². The molecule has 0 amide bonds. The Morgan fingerprint density at radius 2 is 1.44 bits per heavy atom. The zero-order valence-electron chi connectivity index (χ0n) is 15.7. The minimum atomic E-state index is -1.70. The SMILES string of the molecule is CC(C)(C)C(O[SiH](c1ccccc1)c1ccccc1)C1CC=CCC1. The van der Waals surface area contributed by atoms with Crippen molar-refractivity contribution in [3.63, 3.8) is 0 Å². The minimum Gasteiger partial charge on any atom is -0.407 e. The van der Waals surface area contributed by atoms with Gasteiger partial charge in [-0.15, -0.1) is 0 Å². The summed E-state index contributed by atoms with van der Waals surface area (Å²) in [6.45, 7) is 6.99. The van der Waals surface area contributed by atoms with Crippen LogP contribution in [0.15, 0.2) is 72.8 Å². The molecule has 0 spiro atoms. The first-order chi connectivity index (χ1) is 12.1. The summed E-state index contributed by atoms with van der Waals surface area (Å²) in [6.07, 6.45) is 8.52. The molecule has 0 heterocycles. The number of rotatable bonds is 5. The number of allylic oxidation sites excluding steroid dienone is 2. The third-order valence-electron chi connectivity index (χ3n) is 5.08. The van der Waals surface area contributed by atoms with E-state index in [1.54, 1.807) is 0 Å². The zero-order chi connectivity index (χ0) is 17.7. The fraction of sp³-hybridized carbons (Fsp3) is 0.391. The van der Waals surface area contributed by atoms with E-state index in [4.69, 9.17) is 4.43 Å². The van der Waals surface area contributed by atoms with Crippen LogP contribution in [0.3, 0.4) is 0 Å². The van der Waals surface area contributed by atoms with Crippen LogP contribution in [0.4, 0.5) is 0 Å². The van der Waals surface area contributed by atoms with Crippen LogP contribution in [0.25, 0.3) is 0 Å². The van der Waals surface area contributed by atoms with Crippen molar-refractivity contribution in [2.45, 2.75) is 46.1 Å². The third-order valence-corrected chi connectivity index (χ3v) is 7.62. The van der Waals surface area contributed by atoms with Gasteiger partial charge in [-0.3, -0.25) is 0 Å². The lowest BCUT2D eigenvalue weighted by Gasteiger charge is -2.40. The van der Waals surface area contributed by atoms with E-state index in [1.807, 2.05) is 0 Å². The number of hydrogen-bond donors (Lipinski definition) is 0. The molecule has 0 radical (unpaired) electrons. The van der Waals surface area contributed by atoms with Crippen LogP contribution in [0.5, 0.6) is 0 Å². The molecule has 2 atom stereocenters. The van der Waals surface area contributed by atoms with E-state index >= 15 is 0 Å². The van der Waals surface area contributed by atoms with Crippen LogP contribution >= 0.6 is 0 Å². The molecular formula is C23H30OSi. The van der Waals surface area contributed by atoms with Gasteiger partial charge >= 0.3 is 0 Å². The lowest BCUT2D eigenvalue weighted by atomic mass is 9.77. The lowest BCUT2D eigenvalue weighted by molar-refractivity contribution is 0.0315. The van der Waals surface area contributed by atoms with Crippen molar-refractivity contribution >= 4 is 19.4 Å². The first-order valence-electron chi connectivity index (χ1n) is 9.46. The molecule has 0 aromatic heterocycles. The predicted octanol–water partition coefficient (Wildman–Crippen LogP) is 4.31. The van der Waals surface area contributed by atoms with Crippen LogP contribution in [0, 0.1) is 11.3 Å². The van der Waals surface area contributed by atoms with Gasteiger partial charge < -0.3 is 4.43 Å². The second kappa shape index (κ2) is 8.16. The predicted molar refractivity (Wildman–Crippen MR) is 110 cm³/mol. The fourth-order valence-corrected chi connectivity index (χ4v) is 6.63. The highest BCUT2D eigenvalue weighted by molar-refractivity contribution is 6.80.